The average molecular weight is 559 g/mol. The van der Waals surface area contributed by atoms with E-state index in [9.17, 15) is 21.6 Å². The van der Waals surface area contributed by atoms with Crippen molar-refractivity contribution < 1.29 is 26.3 Å². The Labute approximate surface area is 226 Å². The van der Waals surface area contributed by atoms with Crippen LogP contribution in [0.25, 0.3) is 11.3 Å². The monoisotopic (exact) mass is 558 g/mol. The number of rotatable bonds is 9. The molecule has 0 aliphatic carbocycles. The molecule has 0 fully saturated rings. The van der Waals surface area contributed by atoms with Crippen LogP contribution in [0.2, 0.25) is 0 Å². The summed E-state index contributed by atoms with van der Waals surface area (Å²) < 4.78 is 74.3. The van der Waals surface area contributed by atoms with Crippen molar-refractivity contribution in [3.63, 3.8) is 0 Å². The standard InChI is InChI=1S/C28H29F3N4O3S/c1-19(2)35-17-27(33-18-35)26-14-25(39(36,37)34(3)16-20-5-10-24(38-4)11-6-20)12-7-21(26)13-23-9-8-22(15-32-23)28(29,30)31/h5-12,14-15,17-19H,13,16H2,1-4H3. The fourth-order valence-electron chi connectivity index (χ4n) is 4.01. The van der Waals surface area contributed by atoms with Gasteiger partial charge in [-0.2, -0.15) is 17.5 Å². The van der Waals surface area contributed by atoms with E-state index in [0.29, 0.717) is 28.3 Å². The van der Waals surface area contributed by atoms with Crippen LogP contribution in [0.15, 0.2) is 78.2 Å². The lowest BCUT2D eigenvalue weighted by Gasteiger charge is -2.19. The zero-order valence-electron chi connectivity index (χ0n) is 22.0. The maximum atomic E-state index is 13.5. The third-order valence-electron chi connectivity index (χ3n) is 6.35. The SMILES string of the molecule is COc1ccc(CN(C)S(=O)(=O)c2ccc(Cc3ccc(C(F)(F)F)cn3)c(-c3cn(C(C)C)cn3)c2)cc1. The molecule has 0 bridgehead atoms. The lowest BCUT2D eigenvalue weighted by Crippen LogP contribution is -2.26. The Hall–Kier alpha value is -3.70. The second-order valence-electron chi connectivity index (χ2n) is 9.44. The Morgan fingerprint density at radius 2 is 1.74 bits per heavy atom. The summed E-state index contributed by atoms with van der Waals surface area (Å²) in [5.74, 6) is 0.674. The van der Waals surface area contributed by atoms with Crippen molar-refractivity contribution in [2.24, 2.45) is 0 Å². The number of aromatic nitrogens is 3. The topological polar surface area (TPSA) is 77.3 Å². The van der Waals surface area contributed by atoms with Gasteiger partial charge >= 0.3 is 6.18 Å². The minimum Gasteiger partial charge on any atom is -0.497 e. The van der Waals surface area contributed by atoms with Crippen LogP contribution >= 0.6 is 0 Å². The molecule has 0 spiro atoms. The Bertz CT molecular complexity index is 1530. The molecule has 11 heteroatoms. The van der Waals surface area contributed by atoms with E-state index in [1.54, 1.807) is 49.8 Å². The number of hydrogen-bond acceptors (Lipinski definition) is 5. The molecular formula is C28H29F3N4O3S. The number of methoxy groups -OCH3 is 1. The predicted molar refractivity (Wildman–Crippen MR) is 142 cm³/mol. The average Bonchev–Trinajstić information content (AvgIpc) is 3.40. The second kappa shape index (κ2) is 11.2. The van der Waals surface area contributed by atoms with Crippen LogP contribution < -0.4 is 4.74 Å². The molecule has 206 valence electrons. The van der Waals surface area contributed by atoms with Gasteiger partial charge in [-0.1, -0.05) is 18.2 Å². The quantitative estimate of drug-likeness (QED) is 0.253. The lowest BCUT2D eigenvalue weighted by molar-refractivity contribution is -0.137. The van der Waals surface area contributed by atoms with Gasteiger partial charge in [0.1, 0.15) is 5.75 Å². The van der Waals surface area contributed by atoms with Crippen molar-refractivity contribution in [2.75, 3.05) is 14.2 Å². The summed E-state index contributed by atoms with van der Waals surface area (Å²) in [6.45, 7) is 4.14. The predicted octanol–water partition coefficient (Wildman–Crippen LogP) is 5.96. The van der Waals surface area contributed by atoms with Crippen molar-refractivity contribution >= 4 is 10.0 Å². The smallest absolute Gasteiger partial charge is 0.417 e. The summed E-state index contributed by atoms with van der Waals surface area (Å²) in [7, 11) is -0.811. The molecule has 0 aliphatic heterocycles. The Morgan fingerprint density at radius 1 is 1.03 bits per heavy atom. The van der Waals surface area contributed by atoms with Crippen LogP contribution in [0, 0.1) is 0 Å². The summed E-state index contributed by atoms with van der Waals surface area (Å²) in [6, 6.07) is 14.3. The van der Waals surface area contributed by atoms with Crippen LogP contribution in [0.5, 0.6) is 5.75 Å². The molecule has 0 unspecified atom stereocenters. The molecule has 4 aromatic rings. The number of imidazole rings is 1. The van der Waals surface area contributed by atoms with E-state index in [1.807, 2.05) is 24.6 Å². The molecule has 0 atom stereocenters. The molecule has 4 rings (SSSR count). The number of sulfonamides is 1. The maximum Gasteiger partial charge on any atom is 0.417 e. The molecule has 0 saturated carbocycles. The number of hydrogen-bond donors (Lipinski definition) is 0. The zero-order valence-corrected chi connectivity index (χ0v) is 22.8. The first-order valence-electron chi connectivity index (χ1n) is 12.2. The van der Waals surface area contributed by atoms with Crippen molar-refractivity contribution in [1.29, 1.82) is 0 Å². The number of ether oxygens (including phenoxy) is 1. The Morgan fingerprint density at radius 3 is 2.31 bits per heavy atom. The lowest BCUT2D eigenvalue weighted by atomic mass is 10.00. The van der Waals surface area contributed by atoms with Gasteiger partial charge in [-0.05, 0) is 61.4 Å². The maximum absolute atomic E-state index is 13.5. The van der Waals surface area contributed by atoms with E-state index in [1.165, 1.54) is 23.5 Å². The van der Waals surface area contributed by atoms with Gasteiger partial charge in [0.2, 0.25) is 10.0 Å². The number of benzene rings is 2. The van der Waals surface area contributed by atoms with Gasteiger partial charge in [0.05, 0.1) is 29.6 Å². The fraction of sp³-hybridized carbons (Fsp3) is 0.286. The Kier molecular flexibility index (Phi) is 8.12. The van der Waals surface area contributed by atoms with Gasteiger partial charge in [0, 0.05) is 49.7 Å². The fourth-order valence-corrected chi connectivity index (χ4v) is 5.20. The van der Waals surface area contributed by atoms with Crippen molar-refractivity contribution in [3.8, 4) is 17.0 Å². The molecule has 2 aromatic heterocycles. The largest absolute Gasteiger partial charge is 0.497 e. The first kappa shape index (κ1) is 28.3. The van der Waals surface area contributed by atoms with E-state index < -0.39 is 21.8 Å². The minimum absolute atomic E-state index is 0.0803. The Balaban J connectivity index is 1.69. The molecule has 2 heterocycles. The highest BCUT2D eigenvalue weighted by molar-refractivity contribution is 7.89. The molecule has 7 nitrogen and oxygen atoms in total. The molecule has 0 saturated heterocycles. The molecule has 39 heavy (non-hydrogen) atoms. The molecule has 0 aliphatic rings. The van der Waals surface area contributed by atoms with Crippen LogP contribution in [0.3, 0.4) is 0 Å². The van der Waals surface area contributed by atoms with Gasteiger partial charge in [-0.3, -0.25) is 4.98 Å². The highest BCUT2D eigenvalue weighted by atomic mass is 32.2. The van der Waals surface area contributed by atoms with Gasteiger partial charge in [-0.15, -0.1) is 0 Å². The van der Waals surface area contributed by atoms with Crippen molar-refractivity contribution in [1.82, 2.24) is 18.8 Å². The van der Waals surface area contributed by atoms with Gasteiger partial charge < -0.3 is 9.30 Å². The zero-order chi connectivity index (χ0) is 28.4. The van der Waals surface area contributed by atoms with Crippen LogP contribution in [0.1, 0.15) is 42.3 Å². The summed E-state index contributed by atoms with van der Waals surface area (Å²) >= 11 is 0. The summed E-state index contributed by atoms with van der Waals surface area (Å²) in [5.41, 5.74) is 2.19. The normalized spacial score (nSPS) is 12.3. The van der Waals surface area contributed by atoms with E-state index in [-0.39, 0.29) is 23.9 Å². The highest BCUT2D eigenvalue weighted by Crippen LogP contribution is 2.31. The molecule has 0 radical (unpaired) electrons. The van der Waals surface area contributed by atoms with E-state index in [4.69, 9.17) is 4.74 Å². The van der Waals surface area contributed by atoms with Crippen molar-refractivity contribution in [3.05, 3.63) is 95.7 Å². The van der Waals surface area contributed by atoms with E-state index in [0.717, 1.165) is 17.8 Å². The number of nitrogens with zero attached hydrogens (tertiary/aromatic N) is 4. The first-order valence-corrected chi connectivity index (χ1v) is 13.6. The van der Waals surface area contributed by atoms with Crippen molar-refractivity contribution in [2.45, 2.75) is 43.9 Å². The van der Waals surface area contributed by atoms with Crippen LogP contribution in [-0.2, 0) is 29.2 Å². The van der Waals surface area contributed by atoms with Gasteiger partial charge in [0.15, 0.2) is 0 Å². The number of alkyl halides is 3. The van der Waals surface area contributed by atoms with Crippen LogP contribution in [-0.4, -0.2) is 41.4 Å². The molecule has 0 N–H and O–H groups in total. The number of halogens is 3. The molecule has 2 aromatic carbocycles. The highest BCUT2D eigenvalue weighted by Gasteiger charge is 2.30. The summed E-state index contributed by atoms with van der Waals surface area (Å²) in [6.07, 6.45) is 0.00593. The summed E-state index contributed by atoms with van der Waals surface area (Å²) in [5, 5.41) is 0. The minimum atomic E-state index is -4.48. The molecular weight excluding hydrogens is 529 g/mol. The molecule has 0 amide bonds. The van der Waals surface area contributed by atoms with Gasteiger partial charge in [-0.25, -0.2) is 13.4 Å². The van der Waals surface area contributed by atoms with Crippen LogP contribution in [0.4, 0.5) is 13.2 Å². The first-order chi connectivity index (χ1) is 18.4. The van der Waals surface area contributed by atoms with E-state index in [2.05, 4.69) is 9.97 Å². The van der Waals surface area contributed by atoms with E-state index >= 15 is 0 Å². The second-order valence-corrected chi connectivity index (χ2v) is 11.5. The van der Waals surface area contributed by atoms with Gasteiger partial charge in [0.25, 0.3) is 0 Å². The third kappa shape index (κ3) is 6.48. The third-order valence-corrected chi connectivity index (χ3v) is 8.15. The summed E-state index contributed by atoms with van der Waals surface area (Å²) in [4.78, 5) is 8.55. The number of pyridine rings is 1.